The van der Waals surface area contributed by atoms with Gasteiger partial charge in [-0.3, -0.25) is 19.3 Å². The number of benzene rings is 2. The van der Waals surface area contributed by atoms with Crippen LogP contribution in [0.1, 0.15) is 48.9 Å². The highest BCUT2D eigenvalue weighted by molar-refractivity contribution is 5.99. The molecular formula is C28H33N3O7. The number of methoxy groups -OCH3 is 1. The van der Waals surface area contributed by atoms with Gasteiger partial charge in [0, 0.05) is 24.7 Å². The molecule has 1 saturated carbocycles. The molecule has 0 aromatic heterocycles. The minimum Gasteiger partial charge on any atom is -0.497 e. The Morgan fingerprint density at radius 2 is 1.63 bits per heavy atom. The Balaban J connectivity index is 1.60. The minimum atomic E-state index is -1.30. The third kappa shape index (κ3) is 6.42. The normalized spacial score (nSPS) is 18.5. The molecule has 202 valence electrons. The Morgan fingerprint density at radius 3 is 2.32 bits per heavy atom. The van der Waals surface area contributed by atoms with Gasteiger partial charge < -0.3 is 24.8 Å². The highest BCUT2D eigenvalue weighted by Crippen LogP contribution is 2.29. The van der Waals surface area contributed by atoms with E-state index in [0.717, 1.165) is 32.1 Å². The molecule has 1 saturated heterocycles. The first-order chi connectivity index (χ1) is 18.4. The van der Waals surface area contributed by atoms with Crippen LogP contribution >= 0.6 is 0 Å². The molecule has 10 nitrogen and oxygen atoms in total. The molecule has 2 unspecified atom stereocenters. The molecule has 3 amide bonds. The molecule has 4 rings (SSSR count). The molecule has 0 spiro atoms. The van der Waals surface area contributed by atoms with Gasteiger partial charge in [-0.05, 0) is 49.1 Å². The van der Waals surface area contributed by atoms with E-state index in [1.54, 1.807) is 54.6 Å². The third-order valence-electron chi connectivity index (χ3n) is 7.11. The lowest BCUT2D eigenvalue weighted by Crippen LogP contribution is -2.57. The van der Waals surface area contributed by atoms with Crippen LogP contribution in [0.5, 0.6) is 11.5 Å². The van der Waals surface area contributed by atoms with Gasteiger partial charge >= 0.3 is 12.1 Å². The molecule has 38 heavy (non-hydrogen) atoms. The number of rotatable bonds is 8. The number of amides is 3. The molecule has 1 aliphatic heterocycles. The molecule has 10 heteroatoms. The average molecular weight is 524 g/mol. The van der Waals surface area contributed by atoms with Crippen LogP contribution < -0.4 is 14.8 Å². The van der Waals surface area contributed by atoms with Gasteiger partial charge in [0.25, 0.3) is 11.8 Å². The molecule has 1 aliphatic carbocycles. The van der Waals surface area contributed by atoms with Crippen LogP contribution in [0.15, 0.2) is 54.6 Å². The van der Waals surface area contributed by atoms with E-state index in [0.29, 0.717) is 17.1 Å². The van der Waals surface area contributed by atoms with Gasteiger partial charge in [-0.15, -0.1) is 0 Å². The lowest BCUT2D eigenvalue weighted by Gasteiger charge is -2.34. The first-order valence-corrected chi connectivity index (χ1v) is 12.9. The molecule has 2 aromatic carbocycles. The number of nitrogens with one attached hydrogen (secondary N) is 1. The van der Waals surface area contributed by atoms with Crippen LogP contribution in [-0.2, 0) is 9.59 Å². The summed E-state index contributed by atoms with van der Waals surface area (Å²) in [5, 5.41) is 12.4. The Labute approximate surface area is 221 Å². The predicted octanol–water partition coefficient (Wildman–Crippen LogP) is 3.52. The molecule has 0 radical (unpaired) electrons. The summed E-state index contributed by atoms with van der Waals surface area (Å²) in [6, 6.07) is 14.4. The maximum absolute atomic E-state index is 13.7. The zero-order valence-corrected chi connectivity index (χ0v) is 21.4. The van der Waals surface area contributed by atoms with Crippen molar-refractivity contribution in [1.82, 2.24) is 15.1 Å². The van der Waals surface area contributed by atoms with Crippen molar-refractivity contribution >= 4 is 23.9 Å². The summed E-state index contributed by atoms with van der Waals surface area (Å²) >= 11 is 0. The molecule has 0 bridgehead atoms. The van der Waals surface area contributed by atoms with Crippen LogP contribution in [0.4, 0.5) is 4.79 Å². The van der Waals surface area contributed by atoms with Gasteiger partial charge in [-0.1, -0.05) is 43.5 Å². The van der Waals surface area contributed by atoms with Crippen molar-refractivity contribution in [3.05, 3.63) is 60.2 Å². The molecular weight excluding hydrogens is 490 g/mol. The molecule has 2 fully saturated rings. The van der Waals surface area contributed by atoms with E-state index in [9.17, 15) is 24.3 Å². The summed E-state index contributed by atoms with van der Waals surface area (Å²) in [5.74, 6) is -1.28. The molecule has 2 N–H and O–H groups in total. The number of aliphatic carboxylic acids is 1. The van der Waals surface area contributed by atoms with Crippen LogP contribution in [0.3, 0.4) is 0 Å². The van der Waals surface area contributed by atoms with Gasteiger partial charge in [0.15, 0.2) is 6.17 Å². The van der Waals surface area contributed by atoms with E-state index >= 15 is 0 Å². The summed E-state index contributed by atoms with van der Waals surface area (Å²) < 4.78 is 10.7. The highest BCUT2D eigenvalue weighted by Gasteiger charge is 2.45. The fraction of sp³-hybridized carbons (Fsp3) is 0.429. The van der Waals surface area contributed by atoms with E-state index in [-0.39, 0.29) is 25.4 Å². The van der Waals surface area contributed by atoms with Crippen LogP contribution in [0.2, 0.25) is 0 Å². The van der Waals surface area contributed by atoms with Crippen molar-refractivity contribution in [2.24, 2.45) is 5.92 Å². The zero-order chi connectivity index (χ0) is 27.1. The first kappa shape index (κ1) is 27.0. The minimum absolute atomic E-state index is 0.0115. The Morgan fingerprint density at radius 1 is 0.947 bits per heavy atom. The van der Waals surface area contributed by atoms with Gasteiger partial charge in [-0.25, -0.2) is 4.79 Å². The monoisotopic (exact) mass is 523 g/mol. The number of carbonyl (C=O) groups is 4. The SMILES string of the molecule is COc1cccc(C(=O)N2CCN(C(=O)Oc3ccccc3)C2C(=O)NC(CC(=O)O)C2CCCCC2)c1. The van der Waals surface area contributed by atoms with Crippen LogP contribution in [0, 0.1) is 5.92 Å². The topological polar surface area (TPSA) is 125 Å². The van der Waals surface area contributed by atoms with Crippen molar-refractivity contribution in [2.75, 3.05) is 20.2 Å². The number of para-hydroxylation sites is 1. The Kier molecular flexibility index (Phi) is 8.83. The summed E-state index contributed by atoms with van der Waals surface area (Å²) in [5.41, 5.74) is 0.301. The second-order valence-corrected chi connectivity index (χ2v) is 9.59. The highest BCUT2D eigenvalue weighted by atomic mass is 16.6. The van der Waals surface area contributed by atoms with Crippen molar-refractivity contribution in [2.45, 2.75) is 50.7 Å². The van der Waals surface area contributed by atoms with Gasteiger partial charge in [0.05, 0.1) is 13.5 Å². The van der Waals surface area contributed by atoms with Crippen molar-refractivity contribution in [3.63, 3.8) is 0 Å². The van der Waals surface area contributed by atoms with E-state index in [2.05, 4.69) is 5.32 Å². The van der Waals surface area contributed by atoms with E-state index in [4.69, 9.17) is 9.47 Å². The molecule has 2 atom stereocenters. The number of carboxylic acid groups (broad SMARTS) is 1. The van der Waals surface area contributed by atoms with Gasteiger partial charge in [0.2, 0.25) is 0 Å². The second-order valence-electron chi connectivity index (χ2n) is 9.59. The lowest BCUT2D eigenvalue weighted by molar-refractivity contribution is -0.138. The predicted molar refractivity (Wildman–Crippen MR) is 138 cm³/mol. The Bertz CT molecular complexity index is 1150. The van der Waals surface area contributed by atoms with E-state index in [1.165, 1.54) is 16.9 Å². The number of carboxylic acids is 1. The maximum atomic E-state index is 13.7. The molecule has 2 aromatic rings. The third-order valence-corrected chi connectivity index (χ3v) is 7.11. The number of carbonyl (C=O) groups excluding carboxylic acids is 3. The standard InChI is InChI=1S/C28H33N3O7/c1-37-22-14-8-11-20(17-22)27(35)30-15-16-31(28(36)38-21-12-6-3-7-13-21)26(30)25(34)29-23(18-24(32)33)19-9-4-2-5-10-19/h3,6-8,11-14,17,19,23,26H,2,4-5,9-10,15-16,18H2,1H3,(H,29,34)(H,32,33). The molecule has 1 heterocycles. The summed E-state index contributed by atoms with van der Waals surface area (Å²) in [6.45, 7) is 0.178. The Hall–Kier alpha value is -4.08. The fourth-order valence-electron chi connectivity index (χ4n) is 5.20. The van der Waals surface area contributed by atoms with Crippen molar-refractivity contribution in [1.29, 1.82) is 0 Å². The van der Waals surface area contributed by atoms with Crippen LogP contribution in [-0.4, -0.2) is 71.2 Å². The van der Waals surface area contributed by atoms with Gasteiger partial charge in [-0.2, -0.15) is 0 Å². The summed E-state index contributed by atoms with van der Waals surface area (Å²) in [6.07, 6.45) is 2.33. The number of hydrogen-bond acceptors (Lipinski definition) is 6. The number of ether oxygens (including phenoxy) is 2. The average Bonchev–Trinajstić information content (AvgIpc) is 3.39. The largest absolute Gasteiger partial charge is 0.497 e. The quantitative estimate of drug-likeness (QED) is 0.542. The van der Waals surface area contributed by atoms with Crippen LogP contribution in [0.25, 0.3) is 0 Å². The molecule has 2 aliphatic rings. The fourth-order valence-corrected chi connectivity index (χ4v) is 5.20. The van der Waals surface area contributed by atoms with Crippen molar-refractivity contribution < 1.29 is 33.8 Å². The van der Waals surface area contributed by atoms with Crippen molar-refractivity contribution in [3.8, 4) is 11.5 Å². The smallest absolute Gasteiger partial charge is 0.417 e. The number of hydrogen-bond donors (Lipinski definition) is 2. The first-order valence-electron chi connectivity index (χ1n) is 12.9. The summed E-state index contributed by atoms with van der Waals surface area (Å²) in [7, 11) is 1.49. The number of nitrogens with zero attached hydrogens (tertiary/aromatic N) is 2. The van der Waals surface area contributed by atoms with Gasteiger partial charge in [0.1, 0.15) is 11.5 Å². The van der Waals surface area contributed by atoms with E-state index < -0.39 is 36.1 Å². The second kappa shape index (κ2) is 12.4. The van der Waals surface area contributed by atoms with E-state index in [1.807, 2.05) is 0 Å². The zero-order valence-electron chi connectivity index (χ0n) is 21.4. The maximum Gasteiger partial charge on any atom is 0.417 e. The summed E-state index contributed by atoms with van der Waals surface area (Å²) in [4.78, 5) is 54.6. The lowest BCUT2D eigenvalue weighted by atomic mass is 9.82.